The van der Waals surface area contributed by atoms with Crippen LogP contribution in [0.15, 0.2) is 0 Å². The average molecular weight is 235 g/mol. The van der Waals surface area contributed by atoms with E-state index in [1.807, 2.05) is 0 Å². The number of Topliss-reactive ketones (excluding diaryl/α,β-unsaturated/α-hetero) is 1. The summed E-state index contributed by atoms with van der Waals surface area (Å²) >= 11 is 2.06. The summed E-state index contributed by atoms with van der Waals surface area (Å²) < 4.78 is -0.366. The van der Waals surface area contributed by atoms with Crippen LogP contribution in [0.2, 0.25) is 0 Å². The Kier molecular flexibility index (Phi) is 1.75. The van der Waals surface area contributed by atoms with Crippen LogP contribution >= 0.6 is 22.6 Å². The summed E-state index contributed by atoms with van der Waals surface area (Å²) in [6.45, 7) is 0. The highest BCUT2D eigenvalue weighted by atomic mass is 127. The molecule has 9 heavy (non-hydrogen) atoms. The van der Waals surface area contributed by atoms with E-state index in [1.165, 1.54) is 0 Å². The molecule has 48 valence electrons. The molecule has 0 saturated heterocycles. The number of carbonyl (C=O) groups excluding carboxylic acids is 1. The lowest BCUT2D eigenvalue weighted by molar-refractivity contribution is -0.117. The van der Waals surface area contributed by atoms with E-state index < -0.39 is 0 Å². The second-order valence-electron chi connectivity index (χ2n) is 2.29. The monoisotopic (exact) mass is 235 g/mol. The van der Waals surface area contributed by atoms with E-state index in [2.05, 4.69) is 28.7 Å². The standard InChI is InChI=1S/C6H6INO/c7-6(4-8)2-1-5(9)3-6/h1-3H2. The van der Waals surface area contributed by atoms with E-state index in [9.17, 15) is 4.79 Å². The van der Waals surface area contributed by atoms with Gasteiger partial charge < -0.3 is 0 Å². The van der Waals surface area contributed by atoms with Crippen LogP contribution < -0.4 is 0 Å². The van der Waals surface area contributed by atoms with E-state index in [1.54, 1.807) is 0 Å². The van der Waals surface area contributed by atoms with Gasteiger partial charge in [-0.25, -0.2) is 0 Å². The number of hydrogen-bond donors (Lipinski definition) is 0. The number of nitrogens with zero attached hydrogens (tertiary/aromatic N) is 1. The molecule has 0 aromatic heterocycles. The molecule has 0 aromatic rings. The number of alkyl halides is 1. The molecule has 0 bridgehead atoms. The number of halogens is 1. The molecule has 2 nitrogen and oxygen atoms in total. The van der Waals surface area contributed by atoms with Crippen molar-refractivity contribution in [3.8, 4) is 6.07 Å². The summed E-state index contributed by atoms with van der Waals surface area (Å²) in [5.74, 6) is 0.228. The van der Waals surface area contributed by atoms with Gasteiger partial charge in [0.15, 0.2) is 0 Å². The Hall–Kier alpha value is -0.110. The highest BCUT2D eigenvalue weighted by Crippen LogP contribution is 2.34. The molecule has 1 fully saturated rings. The first-order chi connectivity index (χ1) is 4.16. The van der Waals surface area contributed by atoms with Gasteiger partial charge in [-0.1, -0.05) is 22.6 Å². The van der Waals surface area contributed by atoms with Crippen LogP contribution in [-0.4, -0.2) is 9.20 Å². The van der Waals surface area contributed by atoms with Crippen molar-refractivity contribution in [2.24, 2.45) is 0 Å². The van der Waals surface area contributed by atoms with Gasteiger partial charge >= 0.3 is 0 Å². The molecule has 0 N–H and O–H groups in total. The van der Waals surface area contributed by atoms with Gasteiger partial charge in [0.05, 0.1) is 6.07 Å². The second kappa shape index (κ2) is 2.25. The molecular formula is C6H6INO. The molecule has 1 atom stereocenters. The Morgan fingerprint density at radius 3 is 2.67 bits per heavy atom. The molecule has 1 saturated carbocycles. The number of nitriles is 1. The zero-order valence-corrected chi connectivity index (χ0v) is 7.01. The zero-order valence-electron chi connectivity index (χ0n) is 4.85. The third-order valence-corrected chi connectivity index (χ3v) is 2.64. The van der Waals surface area contributed by atoms with Gasteiger partial charge in [0, 0.05) is 12.8 Å². The minimum absolute atomic E-state index is 0.228. The summed E-state index contributed by atoms with van der Waals surface area (Å²) in [5, 5.41) is 8.53. The molecule has 0 aliphatic heterocycles. The minimum atomic E-state index is -0.366. The first kappa shape index (κ1) is 7.00. The van der Waals surface area contributed by atoms with Crippen LogP contribution in [0.1, 0.15) is 19.3 Å². The first-order valence-electron chi connectivity index (χ1n) is 2.78. The van der Waals surface area contributed by atoms with Crippen LogP contribution in [0, 0.1) is 11.3 Å². The van der Waals surface area contributed by atoms with Crippen LogP contribution in [0.4, 0.5) is 0 Å². The lowest BCUT2D eigenvalue weighted by atomic mass is 10.1. The molecular weight excluding hydrogens is 229 g/mol. The smallest absolute Gasteiger partial charge is 0.135 e. The molecule has 0 heterocycles. The summed E-state index contributed by atoms with van der Waals surface area (Å²) in [6.07, 6.45) is 1.78. The highest BCUT2D eigenvalue weighted by molar-refractivity contribution is 14.1. The van der Waals surface area contributed by atoms with Crippen LogP contribution in [0.25, 0.3) is 0 Å². The van der Waals surface area contributed by atoms with Crippen LogP contribution in [-0.2, 0) is 4.79 Å². The van der Waals surface area contributed by atoms with Crippen molar-refractivity contribution in [2.45, 2.75) is 22.7 Å². The molecule has 1 aliphatic carbocycles. The van der Waals surface area contributed by atoms with E-state index in [-0.39, 0.29) is 9.20 Å². The summed E-state index contributed by atoms with van der Waals surface area (Å²) in [7, 11) is 0. The number of carbonyl (C=O) groups is 1. The maximum Gasteiger partial charge on any atom is 0.135 e. The van der Waals surface area contributed by atoms with Crippen molar-refractivity contribution in [3.05, 3.63) is 0 Å². The van der Waals surface area contributed by atoms with Crippen molar-refractivity contribution in [1.29, 1.82) is 5.26 Å². The second-order valence-corrected chi connectivity index (χ2v) is 4.36. The lowest BCUT2D eigenvalue weighted by Gasteiger charge is -2.05. The molecule has 1 unspecified atom stereocenters. The Bertz CT molecular complexity index is 184. The molecule has 0 aromatic carbocycles. The fourth-order valence-electron chi connectivity index (χ4n) is 0.922. The zero-order chi connectivity index (χ0) is 6.91. The minimum Gasteiger partial charge on any atom is -0.300 e. The van der Waals surface area contributed by atoms with E-state index in [0.29, 0.717) is 12.8 Å². The summed E-state index contributed by atoms with van der Waals surface area (Å²) in [5.41, 5.74) is 0. The van der Waals surface area contributed by atoms with Crippen molar-refractivity contribution >= 4 is 28.4 Å². The Balaban J connectivity index is 2.68. The van der Waals surface area contributed by atoms with Gasteiger partial charge in [0.1, 0.15) is 9.20 Å². The molecule has 0 radical (unpaired) electrons. The lowest BCUT2D eigenvalue weighted by Crippen LogP contribution is -2.11. The van der Waals surface area contributed by atoms with Gasteiger partial charge in [-0.2, -0.15) is 5.26 Å². The third kappa shape index (κ3) is 1.42. The van der Waals surface area contributed by atoms with Gasteiger partial charge in [-0.3, -0.25) is 4.79 Å². The van der Waals surface area contributed by atoms with Gasteiger partial charge in [-0.05, 0) is 6.42 Å². The van der Waals surface area contributed by atoms with Crippen LogP contribution in [0.5, 0.6) is 0 Å². The number of hydrogen-bond acceptors (Lipinski definition) is 2. The Labute approximate surface area is 67.4 Å². The normalized spacial score (nSPS) is 34.4. The largest absolute Gasteiger partial charge is 0.300 e. The van der Waals surface area contributed by atoms with Crippen molar-refractivity contribution < 1.29 is 4.79 Å². The molecule has 0 amide bonds. The fourth-order valence-corrected chi connectivity index (χ4v) is 1.62. The topological polar surface area (TPSA) is 40.9 Å². The quantitative estimate of drug-likeness (QED) is 0.470. The van der Waals surface area contributed by atoms with Gasteiger partial charge in [0.25, 0.3) is 0 Å². The SMILES string of the molecule is N#CC1(I)CCC(=O)C1. The first-order valence-corrected chi connectivity index (χ1v) is 3.86. The van der Waals surface area contributed by atoms with Gasteiger partial charge in [-0.15, -0.1) is 0 Å². The van der Waals surface area contributed by atoms with Crippen molar-refractivity contribution in [1.82, 2.24) is 0 Å². The third-order valence-electron chi connectivity index (χ3n) is 1.48. The number of rotatable bonds is 0. The van der Waals surface area contributed by atoms with Crippen molar-refractivity contribution in [2.75, 3.05) is 0 Å². The van der Waals surface area contributed by atoms with Gasteiger partial charge in [0.2, 0.25) is 0 Å². The fraction of sp³-hybridized carbons (Fsp3) is 0.667. The van der Waals surface area contributed by atoms with E-state index >= 15 is 0 Å². The molecule has 1 aliphatic rings. The molecule has 0 spiro atoms. The van der Waals surface area contributed by atoms with Crippen molar-refractivity contribution in [3.63, 3.8) is 0 Å². The van der Waals surface area contributed by atoms with Crippen LogP contribution in [0.3, 0.4) is 0 Å². The van der Waals surface area contributed by atoms with E-state index in [0.717, 1.165) is 6.42 Å². The van der Waals surface area contributed by atoms with E-state index in [4.69, 9.17) is 5.26 Å². The maximum absolute atomic E-state index is 10.7. The summed E-state index contributed by atoms with van der Waals surface area (Å²) in [4.78, 5) is 10.7. The predicted molar refractivity (Wildman–Crippen MR) is 41.2 cm³/mol. The summed E-state index contributed by atoms with van der Waals surface area (Å²) in [6, 6.07) is 2.14. The molecule has 1 rings (SSSR count). The Morgan fingerprint density at radius 2 is 2.44 bits per heavy atom. The highest BCUT2D eigenvalue weighted by Gasteiger charge is 2.35. The average Bonchev–Trinajstić information content (AvgIpc) is 2.13. The predicted octanol–water partition coefficient (Wildman–Crippen LogP) is 1.44. The Morgan fingerprint density at radius 1 is 1.78 bits per heavy atom. The molecule has 3 heteroatoms. The maximum atomic E-state index is 10.7. The number of ketones is 1.